The Morgan fingerprint density at radius 3 is 2.65 bits per heavy atom. The zero-order valence-corrected chi connectivity index (χ0v) is 19.6. The maximum atomic E-state index is 13.9. The summed E-state index contributed by atoms with van der Waals surface area (Å²) in [5.74, 6) is -0.872. The highest BCUT2D eigenvalue weighted by Gasteiger charge is 2.46. The number of Topliss-reactive ketones (excluding diaryl/α,β-unsaturated/α-hetero) is 1. The van der Waals surface area contributed by atoms with E-state index in [9.17, 15) is 14.7 Å². The molecule has 2 aliphatic heterocycles. The molecule has 0 radical (unpaired) electrons. The van der Waals surface area contributed by atoms with E-state index in [2.05, 4.69) is 4.98 Å². The van der Waals surface area contributed by atoms with E-state index >= 15 is 0 Å². The number of nitrogens with one attached hydrogen (secondary N) is 1. The summed E-state index contributed by atoms with van der Waals surface area (Å²) >= 11 is 0. The lowest BCUT2D eigenvalue weighted by Crippen LogP contribution is -3.14. The van der Waals surface area contributed by atoms with Crippen molar-refractivity contribution < 1.29 is 28.7 Å². The number of hydrogen-bond acceptors (Lipinski definition) is 6. The molecule has 0 aliphatic carbocycles. The van der Waals surface area contributed by atoms with Gasteiger partial charge in [-0.3, -0.25) is 9.59 Å². The number of aromatic nitrogens is 2. The summed E-state index contributed by atoms with van der Waals surface area (Å²) in [6.45, 7) is 9.48. The number of fused-ring (bicyclic) bond motifs is 1. The van der Waals surface area contributed by atoms with Gasteiger partial charge in [-0.1, -0.05) is 11.8 Å². The monoisotopic (exact) mass is 464 g/mol. The molecule has 3 aromatic rings. The molecule has 5 heterocycles. The van der Waals surface area contributed by atoms with Crippen LogP contribution in [0.25, 0.3) is 11.4 Å². The Labute approximate surface area is 197 Å². The van der Waals surface area contributed by atoms with Crippen LogP contribution in [0.4, 0.5) is 0 Å². The van der Waals surface area contributed by atoms with E-state index in [0.717, 1.165) is 18.7 Å². The van der Waals surface area contributed by atoms with Gasteiger partial charge in [0, 0.05) is 11.8 Å². The number of hydrogen-bond donors (Lipinski definition) is 1. The first-order valence-electron chi connectivity index (χ1n) is 11.6. The Hall–Kier alpha value is -3.43. The highest BCUT2D eigenvalue weighted by molar-refractivity contribution is 6.46. The molecule has 1 unspecified atom stereocenters. The summed E-state index contributed by atoms with van der Waals surface area (Å²) in [6, 6.07) is 6.39. The standard InChI is InChI=1S/C25H28N4O5/c1-15-5-4-8-28-20(17(3)26-24(15)28)22(30)19-21(18-7-6-16(2)34-18)29(25(32)23(19)31)10-9-27-11-13-33-14-12-27/h4-8,21,30H,9-14H2,1-3H3. The second-order valence-corrected chi connectivity index (χ2v) is 8.96. The molecule has 9 nitrogen and oxygen atoms in total. The first-order chi connectivity index (χ1) is 16.4. The Morgan fingerprint density at radius 2 is 1.94 bits per heavy atom. The quantitative estimate of drug-likeness (QED) is 0.324. The Morgan fingerprint density at radius 1 is 1.18 bits per heavy atom. The number of morpholine rings is 1. The number of quaternary nitrogens is 1. The number of aryl methyl sites for hydroxylation is 3. The van der Waals surface area contributed by atoms with Crippen molar-refractivity contribution in [1.29, 1.82) is 0 Å². The first kappa shape index (κ1) is 22.4. The fourth-order valence-electron chi connectivity index (χ4n) is 4.90. The second kappa shape index (κ2) is 8.73. The number of amides is 1. The van der Waals surface area contributed by atoms with Crippen molar-refractivity contribution in [2.75, 3.05) is 39.4 Å². The molecule has 2 fully saturated rings. The van der Waals surface area contributed by atoms with Gasteiger partial charge in [0.15, 0.2) is 0 Å². The van der Waals surface area contributed by atoms with Crippen LogP contribution in [-0.4, -0.2) is 65.4 Å². The maximum Gasteiger partial charge on any atom is 0.295 e. The Kier molecular flexibility index (Phi) is 5.75. The van der Waals surface area contributed by atoms with Crippen molar-refractivity contribution in [2.45, 2.75) is 26.8 Å². The normalized spacial score (nSPS) is 21.1. The molecule has 178 valence electrons. The van der Waals surface area contributed by atoms with Crippen LogP contribution in [0, 0.1) is 20.8 Å². The Bertz CT molecular complexity index is 1300. The average molecular weight is 465 g/mol. The van der Waals surface area contributed by atoms with Gasteiger partial charge >= 0.3 is 0 Å². The molecule has 1 atom stereocenters. The van der Waals surface area contributed by atoms with E-state index in [1.165, 1.54) is 9.80 Å². The summed E-state index contributed by atoms with van der Waals surface area (Å²) in [7, 11) is 0. The molecule has 1 N–H and O–H groups in total. The summed E-state index contributed by atoms with van der Waals surface area (Å²) in [5.41, 5.74) is 2.29. The van der Waals surface area contributed by atoms with Crippen molar-refractivity contribution in [3.8, 4) is 0 Å². The molecule has 0 spiro atoms. The third kappa shape index (κ3) is 3.70. The molecule has 5 rings (SSSR count). The number of likely N-dealkylation sites (tertiary alicyclic amines) is 1. The minimum absolute atomic E-state index is 0.0808. The molecular formula is C25H28N4O5. The predicted molar refractivity (Wildman–Crippen MR) is 121 cm³/mol. The van der Waals surface area contributed by atoms with E-state index in [4.69, 9.17) is 9.15 Å². The van der Waals surface area contributed by atoms with Crippen LogP contribution < -0.4 is 10.0 Å². The van der Waals surface area contributed by atoms with Gasteiger partial charge in [0.1, 0.15) is 36.3 Å². The van der Waals surface area contributed by atoms with Gasteiger partial charge in [0.25, 0.3) is 5.91 Å². The molecule has 1 amide bonds. The van der Waals surface area contributed by atoms with Gasteiger partial charge < -0.3 is 28.5 Å². The van der Waals surface area contributed by atoms with E-state index in [0.29, 0.717) is 54.9 Å². The van der Waals surface area contributed by atoms with Gasteiger partial charge in [0.05, 0.1) is 37.7 Å². The van der Waals surface area contributed by atoms with Gasteiger partial charge in [-0.2, -0.15) is 0 Å². The molecule has 0 aromatic carbocycles. The zero-order valence-electron chi connectivity index (χ0n) is 19.6. The third-order valence-electron chi connectivity index (χ3n) is 6.70. The minimum atomic E-state index is -0.864. The van der Waals surface area contributed by atoms with Gasteiger partial charge in [0.2, 0.25) is 5.78 Å². The lowest BCUT2D eigenvalue weighted by Gasteiger charge is -2.29. The topological polar surface area (TPSA) is 105 Å². The van der Waals surface area contributed by atoms with Crippen LogP contribution in [0.3, 0.4) is 0 Å². The van der Waals surface area contributed by atoms with E-state index < -0.39 is 23.5 Å². The summed E-state index contributed by atoms with van der Waals surface area (Å²) in [4.78, 5) is 33.8. The number of rotatable bonds is 5. The number of imidazole rings is 1. The number of ether oxygens (including phenoxy) is 1. The van der Waals surface area contributed by atoms with Gasteiger partial charge in [-0.25, -0.2) is 4.98 Å². The van der Waals surface area contributed by atoms with Crippen LogP contribution in [0.2, 0.25) is 0 Å². The minimum Gasteiger partial charge on any atom is -0.871 e. The molecule has 0 saturated carbocycles. The third-order valence-corrected chi connectivity index (χ3v) is 6.70. The van der Waals surface area contributed by atoms with Crippen LogP contribution in [-0.2, 0) is 14.3 Å². The van der Waals surface area contributed by atoms with E-state index in [1.54, 1.807) is 36.6 Å². The fourth-order valence-corrected chi connectivity index (χ4v) is 4.90. The van der Waals surface area contributed by atoms with Crippen LogP contribution in [0.15, 0.2) is 40.5 Å². The fraction of sp³-hybridized carbons (Fsp3) is 0.400. The smallest absolute Gasteiger partial charge is 0.295 e. The highest BCUT2D eigenvalue weighted by Crippen LogP contribution is 2.39. The second-order valence-electron chi connectivity index (χ2n) is 8.96. The van der Waals surface area contributed by atoms with Gasteiger partial charge in [-0.05, 0) is 44.5 Å². The van der Waals surface area contributed by atoms with Crippen LogP contribution >= 0.6 is 0 Å². The zero-order chi connectivity index (χ0) is 24.0. The molecule has 0 bridgehead atoms. The maximum absolute atomic E-state index is 13.9. The SMILES string of the molecule is Cc1ccc(C2C(=C([O-])c3c(C)nc4c(C)cccn34)C(=O)C(=O)N2CC[NH+]2CCOCC2)o1. The first-order valence-corrected chi connectivity index (χ1v) is 11.6. The molecule has 2 aliphatic rings. The number of ketones is 1. The summed E-state index contributed by atoms with van der Waals surface area (Å²) in [6.07, 6.45) is 1.75. The number of nitrogens with zero attached hydrogens (tertiary/aromatic N) is 3. The van der Waals surface area contributed by atoms with E-state index in [1.807, 2.05) is 19.1 Å². The van der Waals surface area contributed by atoms with Crippen molar-refractivity contribution in [3.05, 3.63) is 64.5 Å². The van der Waals surface area contributed by atoms with Crippen molar-refractivity contribution in [1.82, 2.24) is 14.3 Å². The summed E-state index contributed by atoms with van der Waals surface area (Å²) in [5, 5.41) is 13.9. The predicted octanol–water partition coefficient (Wildman–Crippen LogP) is -0.00834. The van der Waals surface area contributed by atoms with Crippen molar-refractivity contribution in [2.24, 2.45) is 0 Å². The van der Waals surface area contributed by atoms with Crippen molar-refractivity contribution in [3.63, 3.8) is 0 Å². The molecule has 34 heavy (non-hydrogen) atoms. The number of pyridine rings is 1. The Balaban J connectivity index is 1.61. The molecule has 9 heteroatoms. The highest BCUT2D eigenvalue weighted by atomic mass is 16.5. The lowest BCUT2D eigenvalue weighted by atomic mass is 10.0. The van der Waals surface area contributed by atoms with E-state index in [-0.39, 0.29) is 5.57 Å². The van der Waals surface area contributed by atoms with Gasteiger partial charge in [-0.15, -0.1) is 0 Å². The number of carbonyl (C=O) groups excluding carboxylic acids is 2. The molecule has 2 saturated heterocycles. The number of furan rings is 1. The lowest BCUT2D eigenvalue weighted by molar-refractivity contribution is -0.907. The molecule has 3 aromatic heterocycles. The number of carbonyl (C=O) groups is 2. The van der Waals surface area contributed by atoms with Crippen molar-refractivity contribution >= 4 is 23.1 Å². The van der Waals surface area contributed by atoms with Crippen LogP contribution in [0.5, 0.6) is 0 Å². The largest absolute Gasteiger partial charge is 0.871 e. The average Bonchev–Trinajstić information content (AvgIpc) is 3.47. The summed E-state index contributed by atoms with van der Waals surface area (Å²) < 4.78 is 13.0. The molecular weight excluding hydrogens is 436 g/mol. The van der Waals surface area contributed by atoms with Crippen LogP contribution in [0.1, 0.15) is 34.5 Å².